The number of rotatable bonds is 3. The SMILES string of the molecule is CCc1nc2ccc(F)cn2c1C(=O)Nc1c(F)cccc1F. The molecule has 0 fully saturated rings. The van der Waals surface area contributed by atoms with E-state index >= 15 is 0 Å². The highest BCUT2D eigenvalue weighted by atomic mass is 19.1. The molecule has 0 atom stereocenters. The number of aryl methyl sites for hydroxylation is 1. The second-order valence-corrected chi connectivity index (χ2v) is 4.89. The summed E-state index contributed by atoms with van der Waals surface area (Å²) in [5.41, 5.74) is 0.280. The fraction of sp³-hybridized carbons (Fsp3) is 0.125. The molecule has 0 aliphatic carbocycles. The third-order valence-corrected chi connectivity index (χ3v) is 3.41. The first-order chi connectivity index (χ1) is 11.0. The van der Waals surface area contributed by atoms with Crippen molar-refractivity contribution in [1.29, 1.82) is 0 Å². The van der Waals surface area contributed by atoms with E-state index in [9.17, 15) is 18.0 Å². The minimum Gasteiger partial charge on any atom is -0.316 e. The summed E-state index contributed by atoms with van der Waals surface area (Å²) in [6.45, 7) is 1.78. The van der Waals surface area contributed by atoms with Crippen LogP contribution in [0.2, 0.25) is 0 Å². The van der Waals surface area contributed by atoms with Crippen LogP contribution in [0.1, 0.15) is 23.1 Å². The molecule has 0 saturated heterocycles. The number of carbonyl (C=O) groups is 1. The van der Waals surface area contributed by atoms with Crippen LogP contribution in [-0.4, -0.2) is 15.3 Å². The number of aromatic nitrogens is 2. The predicted octanol–water partition coefficient (Wildman–Crippen LogP) is 3.57. The van der Waals surface area contributed by atoms with Crippen LogP contribution in [-0.2, 0) is 6.42 Å². The molecule has 1 N–H and O–H groups in total. The van der Waals surface area contributed by atoms with Gasteiger partial charge in [-0.15, -0.1) is 0 Å². The lowest BCUT2D eigenvalue weighted by Gasteiger charge is -2.08. The summed E-state index contributed by atoms with van der Waals surface area (Å²) in [4.78, 5) is 16.7. The van der Waals surface area contributed by atoms with Crippen LogP contribution in [0.15, 0.2) is 36.5 Å². The van der Waals surface area contributed by atoms with Gasteiger partial charge in [-0.25, -0.2) is 18.2 Å². The molecule has 0 unspecified atom stereocenters. The van der Waals surface area contributed by atoms with Crippen molar-refractivity contribution in [3.05, 3.63) is 65.4 Å². The highest BCUT2D eigenvalue weighted by Gasteiger charge is 2.21. The number of amides is 1. The molecule has 2 aromatic heterocycles. The maximum Gasteiger partial charge on any atom is 0.274 e. The zero-order chi connectivity index (χ0) is 16.6. The number of hydrogen-bond acceptors (Lipinski definition) is 2. The van der Waals surface area contributed by atoms with E-state index in [1.54, 1.807) is 6.92 Å². The van der Waals surface area contributed by atoms with Gasteiger partial charge in [-0.2, -0.15) is 0 Å². The van der Waals surface area contributed by atoms with Crippen molar-refractivity contribution in [1.82, 2.24) is 9.38 Å². The summed E-state index contributed by atoms with van der Waals surface area (Å²) in [5.74, 6) is -3.10. The average molecular weight is 319 g/mol. The lowest BCUT2D eigenvalue weighted by Crippen LogP contribution is -2.18. The number of halogens is 3. The standard InChI is InChI=1S/C16H12F3N3O/c1-2-12-15(22-8-9(17)6-7-13(22)20-12)16(23)21-14-10(18)4-3-5-11(14)19/h3-8H,2H2,1H3,(H,21,23). The molecule has 2 heterocycles. The van der Waals surface area contributed by atoms with E-state index in [1.165, 1.54) is 22.6 Å². The second-order valence-electron chi connectivity index (χ2n) is 4.89. The summed E-state index contributed by atoms with van der Waals surface area (Å²) in [6.07, 6.45) is 1.51. The molecule has 7 heteroatoms. The first kappa shape index (κ1) is 15.1. The Hall–Kier alpha value is -2.83. The number of imidazole rings is 1. The van der Waals surface area contributed by atoms with Crippen LogP contribution in [0.5, 0.6) is 0 Å². The highest BCUT2D eigenvalue weighted by molar-refractivity contribution is 6.04. The minimum absolute atomic E-state index is 0.0460. The summed E-state index contributed by atoms with van der Waals surface area (Å²) in [5, 5.41) is 2.19. The van der Waals surface area contributed by atoms with Crippen LogP contribution < -0.4 is 5.32 Å². The van der Waals surface area contributed by atoms with Crippen molar-refractivity contribution in [2.24, 2.45) is 0 Å². The molecule has 0 aliphatic heterocycles. The zero-order valence-corrected chi connectivity index (χ0v) is 12.1. The van der Waals surface area contributed by atoms with Gasteiger partial charge in [0.2, 0.25) is 0 Å². The van der Waals surface area contributed by atoms with Crippen molar-refractivity contribution in [2.75, 3.05) is 5.32 Å². The molecule has 0 radical (unpaired) electrons. The van der Waals surface area contributed by atoms with Gasteiger partial charge in [-0.3, -0.25) is 9.20 Å². The number of hydrogen-bond donors (Lipinski definition) is 1. The van der Waals surface area contributed by atoms with Gasteiger partial charge in [0.15, 0.2) is 0 Å². The lowest BCUT2D eigenvalue weighted by atomic mass is 10.2. The molecule has 3 aromatic rings. The number of fused-ring (bicyclic) bond motifs is 1. The van der Waals surface area contributed by atoms with Crippen LogP contribution in [0.3, 0.4) is 0 Å². The van der Waals surface area contributed by atoms with Gasteiger partial charge in [0.1, 0.15) is 34.5 Å². The molecule has 1 aromatic carbocycles. The molecular weight excluding hydrogens is 307 g/mol. The Morgan fingerprint density at radius 1 is 1.17 bits per heavy atom. The van der Waals surface area contributed by atoms with E-state index in [4.69, 9.17) is 0 Å². The minimum atomic E-state index is -0.892. The van der Waals surface area contributed by atoms with E-state index in [0.717, 1.165) is 18.3 Å². The first-order valence-electron chi connectivity index (χ1n) is 6.93. The molecule has 1 amide bonds. The number of benzene rings is 1. The third-order valence-electron chi connectivity index (χ3n) is 3.41. The second kappa shape index (κ2) is 5.75. The van der Waals surface area contributed by atoms with Gasteiger partial charge in [-0.05, 0) is 30.7 Å². The Kier molecular flexibility index (Phi) is 3.77. The molecule has 0 bridgehead atoms. The van der Waals surface area contributed by atoms with Crippen molar-refractivity contribution in [3.63, 3.8) is 0 Å². The van der Waals surface area contributed by atoms with E-state index in [2.05, 4.69) is 10.3 Å². The van der Waals surface area contributed by atoms with Crippen molar-refractivity contribution in [3.8, 4) is 0 Å². The number of para-hydroxylation sites is 1. The molecule has 118 valence electrons. The Labute approximate surface area is 129 Å². The largest absolute Gasteiger partial charge is 0.316 e. The van der Waals surface area contributed by atoms with E-state index < -0.39 is 29.0 Å². The summed E-state index contributed by atoms with van der Waals surface area (Å²) in [6, 6.07) is 5.91. The fourth-order valence-electron chi connectivity index (χ4n) is 2.34. The van der Waals surface area contributed by atoms with Gasteiger partial charge in [-0.1, -0.05) is 13.0 Å². The van der Waals surface area contributed by atoms with E-state index in [0.29, 0.717) is 17.8 Å². The van der Waals surface area contributed by atoms with Crippen LogP contribution in [0, 0.1) is 17.5 Å². The van der Waals surface area contributed by atoms with Gasteiger partial charge in [0.05, 0.1) is 5.69 Å². The van der Waals surface area contributed by atoms with Crippen LogP contribution in [0.25, 0.3) is 5.65 Å². The Balaban J connectivity index is 2.09. The monoisotopic (exact) mass is 319 g/mol. The number of carbonyl (C=O) groups excluding carboxylic acids is 1. The van der Waals surface area contributed by atoms with Gasteiger partial charge in [0.25, 0.3) is 5.91 Å². The molecule has 0 aliphatic rings. The Bertz CT molecular complexity index is 885. The first-order valence-corrected chi connectivity index (χ1v) is 6.93. The normalized spacial score (nSPS) is 11.0. The van der Waals surface area contributed by atoms with Crippen LogP contribution in [0.4, 0.5) is 18.9 Å². The van der Waals surface area contributed by atoms with E-state index in [1.807, 2.05) is 0 Å². The Morgan fingerprint density at radius 3 is 2.52 bits per heavy atom. The molecular formula is C16H12F3N3O. The molecule has 3 rings (SSSR count). The van der Waals surface area contributed by atoms with Gasteiger partial charge < -0.3 is 5.32 Å². The summed E-state index contributed by atoms with van der Waals surface area (Å²) >= 11 is 0. The highest BCUT2D eigenvalue weighted by Crippen LogP contribution is 2.21. The average Bonchev–Trinajstić information content (AvgIpc) is 2.88. The topological polar surface area (TPSA) is 46.4 Å². The van der Waals surface area contributed by atoms with Crippen molar-refractivity contribution in [2.45, 2.75) is 13.3 Å². The predicted molar refractivity (Wildman–Crippen MR) is 78.8 cm³/mol. The zero-order valence-electron chi connectivity index (χ0n) is 12.1. The maximum absolute atomic E-state index is 13.7. The fourth-order valence-corrected chi connectivity index (χ4v) is 2.34. The molecule has 23 heavy (non-hydrogen) atoms. The van der Waals surface area contributed by atoms with Crippen LogP contribution >= 0.6 is 0 Å². The van der Waals surface area contributed by atoms with Crippen molar-refractivity contribution < 1.29 is 18.0 Å². The van der Waals surface area contributed by atoms with Gasteiger partial charge >= 0.3 is 0 Å². The third kappa shape index (κ3) is 2.65. The summed E-state index contributed by atoms with van der Waals surface area (Å²) < 4.78 is 42.1. The Morgan fingerprint density at radius 2 is 1.87 bits per heavy atom. The number of pyridine rings is 1. The number of nitrogens with one attached hydrogen (secondary N) is 1. The number of nitrogens with zero attached hydrogens (tertiary/aromatic N) is 2. The maximum atomic E-state index is 13.7. The molecule has 4 nitrogen and oxygen atoms in total. The lowest BCUT2D eigenvalue weighted by molar-refractivity contribution is 0.101. The number of anilines is 1. The molecule has 0 spiro atoms. The van der Waals surface area contributed by atoms with Crippen molar-refractivity contribution >= 4 is 17.2 Å². The smallest absolute Gasteiger partial charge is 0.274 e. The molecule has 0 saturated carbocycles. The summed E-state index contributed by atoms with van der Waals surface area (Å²) in [7, 11) is 0. The quantitative estimate of drug-likeness (QED) is 0.802. The van der Waals surface area contributed by atoms with E-state index in [-0.39, 0.29) is 5.69 Å². The van der Waals surface area contributed by atoms with Gasteiger partial charge in [0, 0.05) is 6.20 Å².